The number of likely N-dealkylation sites (N-methyl/N-ethyl adjacent to an activating group) is 1. The summed E-state index contributed by atoms with van der Waals surface area (Å²) in [6.45, 7) is 8.81. The van der Waals surface area contributed by atoms with Gasteiger partial charge in [-0.3, -0.25) is 38.6 Å². The standard InChI is InChI=1S/C31H40ClFN4O4.C26H33ClFN5O3/c1-21(38)17-22-11-15-37(16-12-22)20-25-18-24(30(40)35-26-8-9-27(32)28(33)19-26)6-5-23(25)7-10-29(39)31(41)34-13-4-14-36(2)3;1-32(2)13-10-29-25(35)26(36)30-16-19-7-6-18(14-20(19)17-33-11-4-3-5-12-33)24(34)31-21-8-9-22(27)23(28)15-21/h5-6,8-9,18-19,22H,4,7,10-17,20H2,1-3H3,(H,34,41)(H,35,40);6-9,14-15H,3-5,10-13,16-17H2,1-2H3,(H,29,35)(H,30,36)(H,31,34). The van der Waals surface area contributed by atoms with Crippen molar-refractivity contribution >= 4 is 75.7 Å². The van der Waals surface area contributed by atoms with Crippen LogP contribution >= 0.6 is 23.2 Å². The molecule has 6 rings (SSSR count). The highest BCUT2D eigenvalue weighted by Gasteiger charge is 2.23. The minimum atomic E-state index is -0.704. The quantitative estimate of drug-likeness (QED) is 0.0365. The molecule has 416 valence electrons. The van der Waals surface area contributed by atoms with Crippen LogP contribution in [-0.4, -0.2) is 141 Å². The molecule has 2 heterocycles. The van der Waals surface area contributed by atoms with E-state index in [1.54, 1.807) is 37.3 Å². The molecular weight excluding hydrogens is 1030 g/mol. The van der Waals surface area contributed by atoms with Crippen LogP contribution in [0.1, 0.15) is 101 Å². The first-order chi connectivity index (χ1) is 36.7. The molecule has 0 atom stereocenters. The lowest BCUT2D eigenvalue weighted by atomic mass is 9.91. The molecule has 0 aromatic heterocycles. The molecule has 2 aliphatic rings. The number of anilines is 2. The number of amides is 5. The molecule has 0 radical (unpaired) electrons. The van der Waals surface area contributed by atoms with Gasteiger partial charge < -0.3 is 41.2 Å². The van der Waals surface area contributed by atoms with Gasteiger partial charge in [0.15, 0.2) is 0 Å². The first-order valence-electron chi connectivity index (χ1n) is 26.1. The third-order valence-corrected chi connectivity index (χ3v) is 13.9. The van der Waals surface area contributed by atoms with Crippen molar-refractivity contribution in [2.45, 2.75) is 84.3 Å². The Kier molecular flexibility index (Phi) is 25.1. The number of carbonyl (C=O) groups is 7. The maximum atomic E-state index is 13.9. The zero-order chi connectivity index (χ0) is 56.0. The maximum Gasteiger partial charge on any atom is 0.309 e. The molecule has 0 spiro atoms. The summed E-state index contributed by atoms with van der Waals surface area (Å²) in [6.07, 6.45) is 7.04. The van der Waals surface area contributed by atoms with Gasteiger partial charge in [0.1, 0.15) is 17.4 Å². The Labute approximate surface area is 460 Å². The lowest BCUT2D eigenvalue weighted by molar-refractivity contribution is -0.139. The summed E-state index contributed by atoms with van der Waals surface area (Å²) in [5, 5.41) is 13.3. The Balaban J connectivity index is 0.000000286. The van der Waals surface area contributed by atoms with Crippen molar-refractivity contribution in [2.75, 3.05) is 91.2 Å². The van der Waals surface area contributed by atoms with Gasteiger partial charge in [0.05, 0.1) is 10.0 Å². The van der Waals surface area contributed by atoms with E-state index in [9.17, 15) is 42.3 Å². The maximum absolute atomic E-state index is 13.9. The number of Topliss-reactive ketones (excluding diaryl/α,β-unsaturated/α-hetero) is 2. The van der Waals surface area contributed by atoms with Crippen LogP contribution in [0.3, 0.4) is 0 Å². The summed E-state index contributed by atoms with van der Waals surface area (Å²) in [7, 11) is 7.66. The van der Waals surface area contributed by atoms with Crippen molar-refractivity contribution in [1.29, 1.82) is 0 Å². The summed E-state index contributed by atoms with van der Waals surface area (Å²) in [6, 6.07) is 18.7. The second kappa shape index (κ2) is 31.3. The lowest BCUT2D eigenvalue weighted by Crippen LogP contribution is -2.42. The molecule has 20 heteroatoms. The smallest absolute Gasteiger partial charge is 0.309 e. The molecule has 2 saturated heterocycles. The molecule has 2 fully saturated rings. The van der Waals surface area contributed by atoms with Gasteiger partial charge >= 0.3 is 11.8 Å². The van der Waals surface area contributed by atoms with Crippen LogP contribution < -0.4 is 26.6 Å². The lowest BCUT2D eigenvalue weighted by Gasteiger charge is -2.32. The van der Waals surface area contributed by atoms with Gasteiger partial charge in [-0.1, -0.05) is 41.8 Å². The number of carbonyl (C=O) groups excluding carboxylic acids is 7. The van der Waals surface area contributed by atoms with E-state index in [1.165, 1.54) is 36.8 Å². The van der Waals surface area contributed by atoms with E-state index in [2.05, 4.69) is 36.4 Å². The molecule has 5 N–H and O–H groups in total. The van der Waals surface area contributed by atoms with E-state index in [0.29, 0.717) is 68.3 Å². The molecular formula is C57H73Cl2F2N9O7. The topological polar surface area (TPSA) is 193 Å². The van der Waals surface area contributed by atoms with E-state index in [4.69, 9.17) is 23.2 Å². The predicted molar refractivity (Wildman–Crippen MR) is 297 cm³/mol. The number of nitrogens with one attached hydrogen (secondary N) is 5. The van der Waals surface area contributed by atoms with Crippen LogP contribution in [0.15, 0.2) is 72.8 Å². The fraction of sp³-hybridized carbons (Fsp3) is 0.456. The Morgan fingerprint density at radius 3 is 1.62 bits per heavy atom. The number of nitrogens with zero attached hydrogens (tertiary/aromatic N) is 4. The Hall–Kier alpha value is -6.15. The molecule has 4 aromatic rings. The van der Waals surface area contributed by atoms with Crippen molar-refractivity contribution in [3.8, 4) is 0 Å². The minimum Gasteiger partial charge on any atom is -0.349 e. The SMILES string of the molecule is CC(=O)CC1CCN(Cc2cc(C(=O)Nc3ccc(Cl)c(F)c3)ccc2CCC(=O)C(=O)NCCCN(C)C)CC1.CN(C)CCNC(=O)C(=O)NCc1ccc(C(=O)Nc2ccc(Cl)c(F)c2)cc1CN1CCCCC1. The minimum absolute atomic E-state index is 0.0189. The number of ketones is 2. The summed E-state index contributed by atoms with van der Waals surface area (Å²) >= 11 is 11.5. The number of rotatable bonds is 23. The monoisotopic (exact) mass is 1100 g/mol. The molecule has 2 aliphatic heterocycles. The number of benzene rings is 4. The van der Waals surface area contributed by atoms with E-state index in [1.807, 2.05) is 44.1 Å². The van der Waals surface area contributed by atoms with Crippen LogP contribution in [-0.2, 0) is 50.0 Å². The summed E-state index contributed by atoms with van der Waals surface area (Å²) in [5.74, 6) is -3.87. The highest BCUT2D eigenvalue weighted by molar-refractivity contribution is 6.36. The van der Waals surface area contributed by atoms with Crippen molar-refractivity contribution in [2.24, 2.45) is 5.92 Å². The van der Waals surface area contributed by atoms with Gasteiger partial charge in [-0.2, -0.15) is 0 Å². The van der Waals surface area contributed by atoms with Gasteiger partial charge in [0, 0.05) is 74.6 Å². The second-order valence-corrected chi connectivity index (χ2v) is 21.0. The van der Waals surface area contributed by atoms with Crippen LogP contribution in [0.4, 0.5) is 20.2 Å². The van der Waals surface area contributed by atoms with Gasteiger partial charge in [0.25, 0.3) is 17.7 Å². The number of hydrogen-bond acceptors (Lipinski definition) is 11. The molecule has 0 saturated carbocycles. The van der Waals surface area contributed by atoms with Crippen LogP contribution in [0.25, 0.3) is 0 Å². The third-order valence-electron chi connectivity index (χ3n) is 13.2. The number of hydrogen-bond donors (Lipinski definition) is 5. The average Bonchev–Trinajstić information content (AvgIpc) is 3.39. The highest BCUT2D eigenvalue weighted by Crippen LogP contribution is 2.26. The van der Waals surface area contributed by atoms with Crippen LogP contribution in [0.5, 0.6) is 0 Å². The first-order valence-corrected chi connectivity index (χ1v) is 26.9. The Morgan fingerprint density at radius 1 is 0.584 bits per heavy atom. The largest absolute Gasteiger partial charge is 0.349 e. The average molecular weight is 1110 g/mol. The van der Waals surface area contributed by atoms with Crippen molar-refractivity contribution in [1.82, 2.24) is 35.6 Å². The summed E-state index contributed by atoms with van der Waals surface area (Å²) in [5.41, 5.74) is 4.89. The molecule has 0 unspecified atom stereocenters. The predicted octanol–water partition coefficient (Wildman–Crippen LogP) is 7.50. The van der Waals surface area contributed by atoms with Gasteiger partial charge in [-0.05, 0) is 195 Å². The van der Waals surface area contributed by atoms with E-state index >= 15 is 0 Å². The normalized spacial score (nSPS) is 14.1. The van der Waals surface area contributed by atoms with Crippen molar-refractivity contribution in [3.05, 3.63) is 128 Å². The number of halogens is 4. The van der Waals surface area contributed by atoms with Gasteiger partial charge in [-0.25, -0.2) is 8.78 Å². The number of piperidine rings is 2. The number of aryl methyl sites for hydroxylation is 1. The van der Waals surface area contributed by atoms with Gasteiger partial charge in [0.2, 0.25) is 5.78 Å². The Bertz CT molecular complexity index is 2700. The van der Waals surface area contributed by atoms with Gasteiger partial charge in [-0.15, -0.1) is 0 Å². The summed E-state index contributed by atoms with van der Waals surface area (Å²) in [4.78, 5) is 95.1. The second-order valence-electron chi connectivity index (χ2n) is 20.2. The molecule has 0 bridgehead atoms. The Morgan fingerprint density at radius 2 is 1.09 bits per heavy atom. The zero-order valence-electron chi connectivity index (χ0n) is 44.8. The molecule has 4 aromatic carbocycles. The van der Waals surface area contributed by atoms with Crippen molar-refractivity contribution in [3.63, 3.8) is 0 Å². The fourth-order valence-electron chi connectivity index (χ4n) is 8.94. The van der Waals surface area contributed by atoms with E-state index in [0.717, 1.165) is 93.1 Å². The molecule has 5 amide bonds. The zero-order valence-corrected chi connectivity index (χ0v) is 46.3. The van der Waals surface area contributed by atoms with Crippen molar-refractivity contribution < 1.29 is 42.3 Å². The van der Waals surface area contributed by atoms with E-state index in [-0.39, 0.29) is 40.4 Å². The third kappa shape index (κ3) is 21.3. The summed E-state index contributed by atoms with van der Waals surface area (Å²) < 4.78 is 27.6. The first kappa shape index (κ1) is 61.7. The number of likely N-dealkylation sites (tertiary alicyclic amines) is 2. The van der Waals surface area contributed by atoms with Crippen LogP contribution in [0.2, 0.25) is 10.0 Å². The van der Waals surface area contributed by atoms with Crippen LogP contribution in [0, 0.1) is 17.6 Å². The molecule has 77 heavy (non-hydrogen) atoms. The molecule has 16 nitrogen and oxygen atoms in total. The van der Waals surface area contributed by atoms with E-state index < -0.39 is 41.0 Å². The fourth-order valence-corrected chi connectivity index (χ4v) is 9.18. The molecule has 0 aliphatic carbocycles. The highest BCUT2D eigenvalue weighted by atomic mass is 35.5.